The van der Waals surface area contributed by atoms with Crippen LogP contribution in [-0.2, 0) is 0 Å². The molecular weight excluding hydrogens is 364 g/mol. The van der Waals surface area contributed by atoms with Crippen molar-refractivity contribution in [1.29, 1.82) is 5.26 Å². The van der Waals surface area contributed by atoms with Crippen LogP contribution < -0.4 is 10.6 Å². The zero-order valence-corrected chi connectivity index (χ0v) is 14.4. The number of para-hydroxylation sites is 1. The summed E-state index contributed by atoms with van der Waals surface area (Å²) in [6.45, 7) is 0. The van der Waals surface area contributed by atoms with E-state index in [-0.39, 0.29) is 16.8 Å². The quantitative estimate of drug-likeness (QED) is 0.710. The van der Waals surface area contributed by atoms with Crippen LogP contribution >= 0.6 is 0 Å². The predicted molar refractivity (Wildman–Crippen MR) is 99.9 cm³/mol. The molecule has 0 aliphatic rings. The fourth-order valence-corrected chi connectivity index (χ4v) is 2.43. The number of amides is 2. The lowest BCUT2D eigenvalue weighted by atomic mass is 10.1. The van der Waals surface area contributed by atoms with Gasteiger partial charge in [0.1, 0.15) is 6.07 Å². The molecule has 0 aliphatic carbocycles. The summed E-state index contributed by atoms with van der Waals surface area (Å²) in [5.74, 6) is -3.04. The average Bonchev–Trinajstić information content (AvgIpc) is 2.71. The van der Waals surface area contributed by atoms with Crippen molar-refractivity contribution in [2.24, 2.45) is 0 Å². The molecule has 3 aromatic carbocycles. The second-order valence-electron chi connectivity index (χ2n) is 5.77. The van der Waals surface area contributed by atoms with Crippen molar-refractivity contribution >= 4 is 23.2 Å². The van der Waals surface area contributed by atoms with Crippen molar-refractivity contribution in [2.75, 3.05) is 10.6 Å². The van der Waals surface area contributed by atoms with Gasteiger partial charge in [-0.1, -0.05) is 12.1 Å². The van der Waals surface area contributed by atoms with Crippen LogP contribution in [0.4, 0.5) is 20.2 Å². The van der Waals surface area contributed by atoms with Crippen LogP contribution in [0.3, 0.4) is 0 Å². The maximum Gasteiger partial charge on any atom is 0.255 e. The van der Waals surface area contributed by atoms with E-state index in [0.29, 0.717) is 11.3 Å². The third kappa shape index (κ3) is 4.19. The third-order valence-corrected chi connectivity index (χ3v) is 3.88. The zero-order valence-electron chi connectivity index (χ0n) is 14.4. The number of anilines is 2. The van der Waals surface area contributed by atoms with Gasteiger partial charge in [-0.25, -0.2) is 8.78 Å². The van der Waals surface area contributed by atoms with Crippen molar-refractivity contribution in [3.63, 3.8) is 0 Å². The molecule has 5 nitrogen and oxygen atoms in total. The average molecular weight is 377 g/mol. The van der Waals surface area contributed by atoms with E-state index < -0.39 is 23.4 Å². The number of rotatable bonds is 4. The SMILES string of the molecule is N#Cc1ccccc1NC(=O)c1ccc(C(=O)Nc2ccc(F)c(F)c2)cc1. The van der Waals surface area contributed by atoms with E-state index in [2.05, 4.69) is 10.6 Å². The predicted octanol–water partition coefficient (Wildman–Crippen LogP) is 4.34. The van der Waals surface area contributed by atoms with E-state index in [1.54, 1.807) is 24.3 Å². The Labute approximate surface area is 159 Å². The van der Waals surface area contributed by atoms with E-state index >= 15 is 0 Å². The van der Waals surface area contributed by atoms with Gasteiger partial charge in [0.2, 0.25) is 0 Å². The Hall–Kier alpha value is -4.05. The fourth-order valence-electron chi connectivity index (χ4n) is 2.43. The van der Waals surface area contributed by atoms with Crippen LogP contribution in [0.2, 0.25) is 0 Å². The van der Waals surface area contributed by atoms with E-state index in [0.717, 1.165) is 12.1 Å². The second-order valence-corrected chi connectivity index (χ2v) is 5.77. The normalized spacial score (nSPS) is 10.0. The molecule has 0 bridgehead atoms. The van der Waals surface area contributed by atoms with Gasteiger partial charge >= 0.3 is 0 Å². The number of hydrogen-bond donors (Lipinski definition) is 2. The zero-order chi connectivity index (χ0) is 20.1. The van der Waals surface area contributed by atoms with Crippen molar-refractivity contribution in [1.82, 2.24) is 0 Å². The number of hydrogen-bond acceptors (Lipinski definition) is 3. The highest BCUT2D eigenvalue weighted by Gasteiger charge is 2.12. The van der Waals surface area contributed by atoms with Crippen LogP contribution in [0.15, 0.2) is 66.7 Å². The lowest BCUT2D eigenvalue weighted by Gasteiger charge is -2.08. The molecule has 0 saturated carbocycles. The largest absolute Gasteiger partial charge is 0.322 e. The van der Waals surface area contributed by atoms with E-state index in [1.807, 2.05) is 6.07 Å². The number of nitriles is 1. The molecule has 2 N–H and O–H groups in total. The van der Waals surface area contributed by atoms with Gasteiger partial charge in [-0.05, 0) is 48.5 Å². The minimum Gasteiger partial charge on any atom is -0.322 e. The van der Waals surface area contributed by atoms with Crippen molar-refractivity contribution < 1.29 is 18.4 Å². The molecule has 0 unspecified atom stereocenters. The summed E-state index contributed by atoms with van der Waals surface area (Å²) in [5.41, 5.74) is 1.35. The lowest BCUT2D eigenvalue weighted by Crippen LogP contribution is -2.15. The van der Waals surface area contributed by atoms with Crippen molar-refractivity contribution in [3.05, 3.63) is 95.1 Å². The Morgan fingerprint density at radius 2 is 1.39 bits per heavy atom. The molecule has 3 rings (SSSR count). The molecule has 0 radical (unpaired) electrons. The van der Waals surface area contributed by atoms with Crippen LogP contribution in [-0.4, -0.2) is 11.8 Å². The first-order valence-corrected chi connectivity index (χ1v) is 8.15. The third-order valence-electron chi connectivity index (χ3n) is 3.88. The summed E-state index contributed by atoms with van der Waals surface area (Å²) in [6.07, 6.45) is 0. The first kappa shape index (κ1) is 18.7. The molecule has 0 aliphatic heterocycles. The van der Waals surface area contributed by atoms with Gasteiger partial charge in [-0.15, -0.1) is 0 Å². The van der Waals surface area contributed by atoms with E-state index in [1.165, 1.54) is 30.3 Å². The van der Waals surface area contributed by atoms with Crippen LogP contribution in [0.5, 0.6) is 0 Å². The fraction of sp³-hybridized carbons (Fsp3) is 0. The van der Waals surface area contributed by atoms with Gasteiger partial charge < -0.3 is 10.6 Å². The number of carbonyl (C=O) groups is 2. The topological polar surface area (TPSA) is 82.0 Å². The van der Waals surface area contributed by atoms with E-state index in [9.17, 15) is 18.4 Å². The number of carbonyl (C=O) groups excluding carboxylic acids is 2. The van der Waals surface area contributed by atoms with Gasteiger partial charge in [0, 0.05) is 22.9 Å². The number of nitrogens with one attached hydrogen (secondary N) is 2. The summed E-state index contributed by atoms with van der Waals surface area (Å²) in [7, 11) is 0. The minimum absolute atomic E-state index is 0.110. The molecule has 0 atom stereocenters. The van der Waals surface area contributed by atoms with Crippen molar-refractivity contribution in [2.45, 2.75) is 0 Å². The maximum absolute atomic E-state index is 13.2. The van der Waals surface area contributed by atoms with Gasteiger partial charge in [-0.2, -0.15) is 5.26 Å². The summed E-state index contributed by atoms with van der Waals surface area (Å²) in [4.78, 5) is 24.5. The van der Waals surface area contributed by atoms with Gasteiger partial charge in [0.15, 0.2) is 11.6 Å². The highest BCUT2D eigenvalue weighted by Crippen LogP contribution is 2.17. The Balaban J connectivity index is 1.70. The first-order valence-electron chi connectivity index (χ1n) is 8.15. The molecule has 7 heteroatoms. The summed E-state index contributed by atoms with van der Waals surface area (Å²) < 4.78 is 26.2. The Kier molecular flexibility index (Phi) is 5.42. The molecule has 0 saturated heterocycles. The molecule has 0 fully saturated rings. The monoisotopic (exact) mass is 377 g/mol. The Morgan fingerprint density at radius 3 is 2.00 bits per heavy atom. The molecule has 0 spiro atoms. The van der Waals surface area contributed by atoms with Crippen LogP contribution in [0, 0.1) is 23.0 Å². The summed E-state index contributed by atoms with van der Waals surface area (Å²) >= 11 is 0. The first-order chi connectivity index (χ1) is 13.5. The van der Waals surface area contributed by atoms with Crippen molar-refractivity contribution in [3.8, 4) is 6.07 Å². The lowest BCUT2D eigenvalue weighted by molar-refractivity contribution is 0.101. The van der Waals surface area contributed by atoms with Crippen LogP contribution in [0.1, 0.15) is 26.3 Å². The number of halogens is 2. The molecule has 138 valence electrons. The van der Waals surface area contributed by atoms with E-state index in [4.69, 9.17) is 5.26 Å². The summed E-state index contributed by atoms with van der Waals surface area (Å²) in [6, 6.07) is 17.4. The molecule has 28 heavy (non-hydrogen) atoms. The number of benzene rings is 3. The highest BCUT2D eigenvalue weighted by molar-refractivity contribution is 6.07. The van der Waals surface area contributed by atoms with Gasteiger partial charge in [-0.3, -0.25) is 9.59 Å². The van der Waals surface area contributed by atoms with Gasteiger partial charge in [0.05, 0.1) is 11.3 Å². The highest BCUT2D eigenvalue weighted by atomic mass is 19.2. The molecule has 3 aromatic rings. The standard InChI is InChI=1S/C21H13F2N3O2/c22-17-10-9-16(11-18(17)23)25-20(27)13-5-7-14(8-6-13)21(28)26-19-4-2-1-3-15(19)12-24/h1-11H,(H,25,27)(H,26,28). The molecule has 0 heterocycles. The Morgan fingerprint density at radius 1 is 0.786 bits per heavy atom. The van der Waals surface area contributed by atoms with Gasteiger partial charge in [0.25, 0.3) is 11.8 Å². The summed E-state index contributed by atoms with van der Waals surface area (Å²) in [5, 5.41) is 14.1. The maximum atomic E-state index is 13.2. The number of nitrogens with zero attached hydrogens (tertiary/aromatic N) is 1. The minimum atomic E-state index is -1.07. The smallest absolute Gasteiger partial charge is 0.255 e. The Bertz CT molecular complexity index is 1090. The molecule has 0 aromatic heterocycles. The molecule has 2 amide bonds. The second kappa shape index (κ2) is 8.10. The molecular formula is C21H13F2N3O2. The van der Waals surface area contributed by atoms with Crippen LogP contribution in [0.25, 0.3) is 0 Å².